The summed E-state index contributed by atoms with van der Waals surface area (Å²) in [6.45, 7) is 0.554. The number of nitrogens with two attached hydrogens (primary N) is 1. The van der Waals surface area contributed by atoms with Crippen LogP contribution in [0.3, 0.4) is 0 Å². The van der Waals surface area contributed by atoms with Gasteiger partial charge in [-0.05, 0) is 37.1 Å². The number of aliphatic carboxylic acids is 1. The summed E-state index contributed by atoms with van der Waals surface area (Å²) in [4.78, 5) is 10.7. The molecule has 0 spiro atoms. The number of fused-ring (bicyclic) bond motifs is 1. The number of carboxylic acid groups (broad SMARTS) is 1. The second-order valence-electron chi connectivity index (χ2n) is 3.67. The second kappa shape index (κ2) is 2.21. The van der Waals surface area contributed by atoms with Gasteiger partial charge in [0.25, 0.3) is 0 Å². The summed E-state index contributed by atoms with van der Waals surface area (Å²) in [5.74, 6) is 0.661. The van der Waals surface area contributed by atoms with E-state index in [9.17, 15) is 4.79 Å². The first-order valence-electron chi connectivity index (χ1n) is 4.18. The number of carbonyl (C=O) groups is 1. The van der Waals surface area contributed by atoms with Crippen LogP contribution in [0.2, 0.25) is 0 Å². The first-order valence-corrected chi connectivity index (χ1v) is 4.18. The Hall–Kier alpha value is -0.570. The molecule has 11 heavy (non-hydrogen) atoms. The molecule has 0 aliphatic heterocycles. The topological polar surface area (TPSA) is 63.3 Å². The molecule has 4 atom stereocenters. The number of hydrogen-bond acceptors (Lipinski definition) is 2. The molecule has 0 aromatic rings. The summed E-state index contributed by atoms with van der Waals surface area (Å²) >= 11 is 0. The van der Waals surface area contributed by atoms with Crippen LogP contribution in [0.4, 0.5) is 0 Å². The summed E-state index contributed by atoms with van der Waals surface area (Å²) in [6.07, 6.45) is 2.31. The first-order chi connectivity index (χ1) is 5.25. The quantitative estimate of drug-likeness (QED) is 0.603. The van der Waals surface area contributed by atoms with Gasteiger partial charge in [-0.25, -0.2) is 0 Å². The van der Waals surface area contributed by atoms with Crippen LogP contribution >= 0.6 is 0 Å². The maximum absolute atomic E-state index is 10.7. The third-order valence-electron chi connectivity index (χ3n) is 3.41. The molecule has 0 bridgehead atoms. The Labute approximate surface area is 65.6 Å². The lowest BCUT2D eigenvalue weighted by molar-refractivity contribution is -0.170. The number of rotatable bonds is 2. The molecule has 62 valence electrons. The Morgan fingerprint density at radius 3 is 2.36 bits per heavy atom. The molecule has 0 amide bonds. The van der Waals surface area contributed by atoms with E-state index < -0.39 is 5.97 Å². The van der Waals surface area contributed by atoms with Crippen molar-refractivity contribution in [3.8, 4) is 0 Å². The molecule has 2 aliphatic rings. The average molecular weight is 155 g/mol. The van der Waals surface area contributed by atoms with E-state index in [1.54, 1.807) is 0 Å². The predicted molar refractivity (Wildman–Crippen MR) is 39.9 cm³/mol. The van der Waals surface area contributed by atoms with Crippen molar-refractivity contribution in [3.05, 3.63) is 0 Å². The fourth-order valence-electron chi connectivity index (χ4n) is 2.66. The van der Waals surface area contributed by atoms with Gasteiger partial charge in [-0.1, -0.05) is 0 Å². The monoisotopic (exact) mass is 155 g/mol. The van der Waals surface area contributed by atoms with Crippen LogP contribution in [0.15, 0.2) is 0 Å². The third kappa shape index (κ3) is 0.745. The molecular weight excluding hydrogens is 142 g/mol. The molecule has 0 unspecified atom stereocenters. The highest BCUT2D eigenvalue weighted by Crippen LogP contribution is 2.57. The van der Waals surface area contributed by atoms with Gasteiger partial charge >= 0.3 is 5.97 Å². The van der Waals surface area contributed by atoms with Crippen molar-refractivity contribution in [3.63, 3.8) is 0 Å². The normalized spacial score (nSPS) is 47.0. The summed E-state index contributed by atoms with van der Waals surface area (Å²) in [5.41, 5.74) is 5.49. The van der Waals surface area contributed by atoms with Crippen LogP contribution in [0.5, 0.6) is 0 Å². The zero-order valence-electron chi connectivity index (χ0n) is 6.36. The Bertz CT molecular complexity index is 193. The molecule has 2 aliphatic carbocycles. The number of hydrogen-bond donors (Lipinski definition) is 2. The predicted octanol–water partition coefficient (Wildman–Crippen LogP) is 0.302. The van der Waals surface area contributed by atoms with Gasteiger partial charge in [-0.3, -0.25) is 4.79 Å². The van der Waals surface area contributed by atoms with Gasteiger partial charge in [0.05, 0.1) is 5.92 Å². The van der Waals surface area contributed by atoms with Gasteiger partial charge in [0.2, 0.25) is 0 Å². The maximum atomic E-state index is 10.7. The summed E-state index contributed by atoms with van der Waals surface area (Å²) in [5, 5.41) is 8.80. The molecule has 0 aromatic heterocycles. The Balaban J connectivity index is 2.04. The summed E-state index contributed by atoms with van der Waals surface area (Å²) < 4.78 is 0. The van der Waals surface area contributed by atoms with E-state index in [4.69, 9.17) is 10.8 Å². The zero-order valence-corrected chi connectivity index (χ0v) is 6.36. The molecular formula is C8H13NO2. The Kier molecular flexibility index (Phi) is 1.42. The molecule has 3 N–H and O–H groups in total. The fourth-order valence-corrected chi connectivity index (χ4v) is 2.66. The minimum atomic E-state index is -0.638. The van der Waals surface area contributed by atoms with Gasteiger partial charge in [0, 0.05) is 0 Å². The van der Waals surface area contributed by atoms with E-state index >= 15 is 0 Å². The van der Waals surface area contributed by atoms with Gasteiger partial charge in [0.15, 0.2) is 0 Å². The van der Waals surface area contributed by atoms with Crippen LogP contribution in [-0.2, 0) is 4.79 Å². The second-order valence-corrected chi connectivity index (χ2v) is 3.67. The van der Waals surface area contributed by atoms with E-state index in [1.807, 2.05) is 0 Å². The van der Waals surface area contributed by atoms with Crippen LogP contribution in [0, 0.1) is 23.7 Å². The molecule has 3 heteroatoms. The van der Waals surface area contributed by atoms with E-state index in [2.05, 4.69) is 0 Å². The zero-order chi connectivity index (χ0) is 8.01. The average Bonchev–Trinajstić information content (AvgIpc) is 1.92. The molecule has 0 heterocycles. The van der Waals surface area contributed by atoms with Crippen molar-refractivity contribution in [2.45, 2.75) is 12.8 Å². The van der Waals surface area contributed by atoms with Crippen molar-refractivity contribution < 1.29 is 9.90 Å². The van der Waals surface area contributed by atoms with Crippen molar-refractivity contribution in [1.82, 2.24) is 0 Å². The van der Waals surface area contributed by atoms with Crippen molar-refractivity contribution in [2.75, 3.05) is 6.54 Å². The largest absolute Gasteiger partial charge is 0.481 e. The molecule has 0 saturated heterocycles. The Morgan fingerprint density at radius 2 is 2.09 bits per heavy atom. The molecule has 3 nitrogen and oxygen atoms in total. The smallest absolute Gasteiger partial charge is 0.307 e. The van der Waals surface area contributed by atoms with E-state index in [0.29, 0.717) is 18.4 Å². The van der Waals surface area contributed by atoms with Crippen LogP contribution < -0.4 is 5.73 Å². The lowest BCUT2D eigenvalue weighted by atomic mass is 9.47. The lowest BCUT2D eigenvalue weighted by Crippen LogP contribution is -2.58. The van der Waals surface area contributed by atoms with E-state index in [-0.39, 0.29) is 11.8 Å². The molecule has 2 saturated carbocycles. The lowest BCUT2D eigenvalue weighted by Gasteiger charge is -2.57. The molecule has 2 fully saturated rings. The van der Waals surface area contributed by atoms with Crippen molar-refractivity contribution in [2.24, 2.45) is 29.4 Å². The van der Waals surface area contributed by atoms with Crippen LogP contribution in [-0.4, -0.2) is 17.6 Å². The van der Waals surface area contributed by atoms with Gasteiger partial charge < -0.3 is 10.8 Å². The third-order valence-corrected chi connectivity index (χ3v) is 3.41. The molecule has 0 aromatic carbocycles. The van der Waals surface area contributed by atoms with E-state index in [0.717, 1.165) is 6.42 Å². The van der Waals surface area contributed by atoms with E-state index in [1.165, 1.54) is 6.42 Å². The maximum Gasteiger partial charge on any atom is 0.307 e. The van der Waals surface area contributed by atoms with Gasteiger partial charge in [-0.2, -0.15) is 0 Å². The fraction of sp³-hybridized carbons (Fsp3) is 0.875. The highest BCUT2D eigenvalue weighted by Gasteiger charge is 2.57. The highest BCUT2D eigenvalue weighted by atomic mass is 16.4. The SMILES string of the molecule is NC[C@H]1[C@@H]2CC[C@@H]2[C@H]1C(=O)O. The van der Waals surface area contributed by atoms with Crippen LogP contribution in [0.1, 0.15) is 12.8 Å². The summed E-state index contributed by atoms with van der Waals surface area (Å²) in [7, 11) is 0. The van der Waals surface area contributed by atoms with Gasteiger partial charge in [-0.15, -0.1) is 0 Å². The van der Waals surface area contributed by atoms with Gasteiger partial charge in [0.1, 0.15) is 0 Å². The highest BCUT2D eigenvalue weighted by molar-refractivity contribution is 5.72. The molecule has 2 rings (SSSR count). The minimum Gasteiger partial charge on any atom is -0.481 e. The van der Waals surface area contributed by atoms with Crippen molar-refractivity contribution >= 4 is 5.97 Å². The van der Waals surface area contributed by atoms with Crippen molar-refractivity contribution in [1.29, 1.82) is 0 Å². The Morgan fingerprint density at radius 1 is 1.45 bits per heavy atom. The van der Waals surface area contributed by atoms with Crippen LogP contribution in [0.25, 0.3) is 0 Å². The minimum absolute atomic E-state index is 0.112. The molecule has 0 radical (unpaired) electrons. The number of carboxylic acids is 1. The standard InChI is InChI=1S/C8H13NO2/c9-3-6-4-1-2-5(4)7(6)8(10)11/h4-7H,1-3,9H2,(H,10,11)/t4-,5+,6+,7-/m1/s1. The first kappa shape index (κ1) is 7.10. The summed E-state index contributed by atoms with van der Waals surface area (Å²) in [6, 6.07) is 0.